The van der Waals surface area contributed by atoms with Gasteiger partial charge in [0.25, 0.3) is 5.91 Å². The quantitative estimate of drug-likeness (QED) is 0.232. The Kier molecular flexibility index (Phi) is 7.10. The van der Waals surface area contributed by atoms with Crippen LogP contribution in [0.15, 0.2) is 78.0 Å². The lowest BCUT2D eigenvalue weighted by molar-refractivity contribution is -0.140. The molecule has 1 amide bonds. The number of nitrogens with zero attached hydrogens (tertiary/aromatic N) is 2. The standard InChI is InChI=1S/C28H17F5N4O4/c1-40-17-11-20-24(35-12-17)22(8-9-34-20)41-21-7-6-16(10-19(21)30)37-27(39)18-13-36-26(28(31,32)33)23(25(18)38)14-2-4-15(29)5-3-14/h2-13H,1H3,(H,36,38)(H,37,39). The van der Waals surface area contributed by atoms with Crippen LogP contribution in [-0.4, -0.2) is 28.0 Å². The van der Waals surface area contributed by atoms with Crippen LogP contribution in [0.4, 0.5) is 27.6 Å². The van der Waals surface area contributed by atoms with Gasteiger partial charge in [-0.15, -0.1) is 0 Å². The third-order valence-corrected chi connectivity index (χ3v) is 5.90. The molecule has 5 rings (SSSR count). The van der Waals surface area contributed by atoms with Crippen molar-refractivity contribution in [3.8, 4) is 28.4 Å². The normalized spacial score (nSPS) is 11.4. The average molecular weight is 568 g/mol. The van der Waals surface area contributed by atoms with Crippen molar-refractivity contribution in [1.29, 1.82) is 0 Å². The molecule has 8 nitrogen and oxygen atoms in total. The average Bonchev–Trinajstić information content (AvgIpc) is 2.94. The number of fused-ring (bicyclic) bond motifs is 1. The lowest BCUT2D eigenvalue weighted by Crippen LogP contribution is -2.26. The van der Waals surface area contributed by atoms with E-state index in [4.69, 9.17) is 9.47 Å². The van der Waals surface area contributed by atoms with Crippen molar-refractivity contribution in [3.63, 3.8) is 0 Å². The molecule has 0 atom stereocenters. The number of pyridine rings is 3. The van der Waals surface area contributed by atoms with E-state index < -0.39 is 46.0 Å². The van der Waals surface area contributed by atoms with E-state index in [0.29, 0.717) is 23.0 Å². The van der Waals surface area contributed by atoms with Crippen molar-refractivity contribution in [2.45, 2.75) is 6.18 Å². The van der Waals surface area contributed by atoms with Gasteiger partial charge in [-0.2, -0.15) is 13.2 Å². The second-order valence-electron chi connectivity index (χ2n) is 8.54. The first-order chi connectivity index (χ1) is 19.5. The summed E-state index contributed by atoms with van der Waals surface area (Å²) in [6, 6.07) is 10.2. The van der Waals surface area contributed by atoms with E-state index in [9.17, 15) is 31.5 Å². The number of aromatic amines is 1. The van der Waals surface area contributed by atoms with Crippen molar-refractivity contribution in [2.24, 2.45) is 0 Å². The Morgan fingerprint density at radius 3 is 2.41 bits per heavy atom. The third-order valence-electron chi connectivity index (χ3n) is 5.90. The summed E-state index contributed by atoms with van der Waals surface area (Å²) in [4.78, 5) is 36.2. The predicted molar refractivity (Wildman–Crippen MR) is 138 cm³/mol. The molecule has 0 aliphatic carbocycles. The lowest BCUT2D eigenvalue weighted by atomic mass is 10.0. The number of rotatable bonds is 6. The number of carbonyl (C=O) groups excluding carboxylic acids is 1. The van der Waals surface area contributed by atoms with Gasteiger partial charge < -0.3 is 19.8 Å². The number of aromatic nitrogens is 3. The minimum absolute atomic E-state index is 0.107. The van der Waals surface area contributed by atoms with Crippen LogP contribution in [0.5, 0.6) is 17.2 Å². The molecular formula is C28H17F5N4O4. The van der Waals surface area contributed by atoms with Gasteiger partial charge in [-0.05, 0) is 29.8 Å². The molecule has 0 spiro atoms. The number of H-pyrrole nitrogens is 1. The highest BCUT2D eigenvalue weighted by atomic mass is 19.4. The monoisotopic (exact) mass is 568 g/mol. The van der Waals surface area contributed by atoms with Gasteiger partial charge in [0.15, 0.2) is 17.3 Å². The molecule has 2 aromatic carbocycles. The summed E-state index contributed by atoms with van der Waals surface area (Å²) in [5.41, 5.74) is -3.79. The molecule has 0 fully saturated rings. The van der Waals surface area contributed by atoms with Crippen LogP contribution >= 0.6 is 0 Å². The molecule has 3 aromatic heterocycles. The SMILES string of the molecule is COc1cnc2c(Oc3ccc(NC(=O)c4c[nH]c(C(F)(F)F)c(-c5ccc(F)cc5)c4=O)cc3F)ccnc2c1. The second kappa shape index (κ2) is 10.7. The highest BCUT2D eigenvalue weighted by Gasteiger charge is 2.37. The number of nitrogens with one attached hydrogen (secondary N) is 2. The molecule has 0 aliphatic heterocycles. The van der Waals surface area contributed by atoms with Gasteiger partial charge in [0.1, 0.15) is 28.3 Å². The molecule has 0 radical (unpaired) electrons. The Hall–Kier alpha value is -5.33. The fourth-order valence-corrected chi connectivity index (χ4v) is 3.97. The van der Waals surface area contributed by atoms with Crippen molar-refractivity contribution < 1.29 is 36.2 Å². The number of benzene rings is 2. The third kappa shape index (κ3) is 5.55. The molecule has 0 saturated heterocycles. The summed E-state index contributed by atoms with van der Waals surface area (Å²) in [5, 5.41) is 2.29. The fraction of sp³-hybridized carbons (Fsp3) is 0.0714. The van der Waals surface area contributed by atoms with Crippen molar-refractivity contribution in [2.75, 3.05) is 12.4 Å². The summed E-state index contributed by atoms with van der Waals surface area (Å²) >= 11 is 0. The van der Waals surface area contributed by atoms with Crippen LogP contribution < -0.4 is 20.2 Å². The first-order valence-electron chi connectivity index (χ1n) is 11.7. The molecule has 5 aromatic rings. The zero-order chi connectivity index (χ0) is 29.3. The molecule has 41 heavy (non-hydrogen) atoms. The summed E-state index contributed by atoms with van der Waals surface area (Å²) in [7, 11) is 1.47. The highest BCUT2D eigenvalue weighted by Crippen LogP contribution is 2.35. The Balaban J connectivity index is 1.42. The molecule has 0 bridgehead atoms. The molecule has 13 heteroatoms. The van der Waals surface area contributed by atoms with Gasteiger partial charge in [-0.25, -0.2) is 13.8 Å². The molecule has 0 saturated carbocycles. The smallest absolute Gasteiger partial charge is 0.431 e. The number of alkyl halides is 3. The number of halogens is 5. The topological polar surface area (TPSA) is 106 Å². The number of hydrogen-bond acceptors (Lipinski definition) is 6. The van der Waals surface area contributed by atoms with Crippen LogP contribution in [0, 0.1) is 11.6 Å². The molecule has 208 valence electrons. The summed E-state index contributed by atoms with van der Waals surface area (Å²) in [6.07, 6.45) is -1.49. The minimum atomic E-state index is -4.97. The molecule has 0 aliphatic rings. The van der Waals surface area contributed by atoms with Gasteiger partial charge in [-0.3, -0.25) is 14.6 Å². The summed E-state index contributed by atoms with van der Waals surface area (Å²) < 4.78 is 79.9. The Morgan fingerprint density at radius 2 is 1.73 bits per heavy atom. The molecule has 0 unspecified atom stereocenters. The van der Waals surface area contributed by atoms with E-state index in [1.807, 2.05) is 4.98 Å². The first kappa shape index (κ1) is 27.2. The van der Waals surface area contributed by atoms with E-state index in [-0.39, 0.29) is 22.7 Å². The number of amides is 1. The minimum Gasteiger partial charge on any atom is -0.495 e. The van der Waals surface area contributed by atoms with Gasteiger partial charge in [0.2, 0.25) is 5.43 Å². The maximum absolute atomic E-state index is 14.9. The number of anilines is 1. The van der Waals surface area contributed by atoms with Crippen LogP contribution in [0.3, 0.4) is 0 Å². The van der Waals surface area contributed by atoms with E-state index >= 15 is 0 Å². The maximum atomic E-state index is 14.9. The van der Waals surface area contributed by atoms with Crippen molar-refractivity contribution >= 4 is 22.6 Å². The largest absolute Gasteiger partial charge is 0.495 e. The zero-order valence-corrected chi connectivity index (χ0v) is 20.8. The van der Waals surface area contributed by atoms with Crippen LogP contribution in [0.1, 0.15) is 16.1 Å². The van der Waals surface area contributed by atoms with Crippen LogP contribution in [-0.2, 0) is 6.18 Å². The van der Waals surface area contributed by atoms with Crippen LogP contribution in [0.25, 0.3) is 22.2 Å². The number of ether oxygens (including phenoxy) is 2. The number of methoxy groups -OCH3 is 1. The first-order valence-corrected chi connectivity index (χ1v) is 11.7. The Morgan fingerprint density at radius 1 is 0.976 bits per heavy atom. The highest BCUT2D eigenvalue weighted by molar-refractivity contribution is 6.04. The number of carbonyl (C=O) groups is 1. The second-order valence-corrected chi connectivity index (χ2v) is 8.54. The lowest BCUT2D eigenvalue weighted by Gasteiger charge is -2.14. The van der Waals surface area contributed by atoms with Crippen molar-refractivity contribution in [1.82, 2.24) is 15.0 Å². The van der Waals surface area contributed by atoms with E-state index in [1.54, 1.807) is 6.07 Å². The van der Waals surface area contributed by atoms with Crippen LogP contribution in [0.2, 0.25) is 0 Å². The van der Waals surface area contributed by atoms with Gasteiger partial charge >= 0.3 is 6.18 Å². The van der Waals surface area contributed by atoms with Gasteiger partial charge in [-0.1, -0.05) is 12.1 Å². The van der Waals surface area contributed by atoms with E-state index in [0.717, 1.165) is 30.3 Å². The number of hydrogen-bond donors (Lipinski definition) is 2. The zero-order valence-electron chi connectivity index (χ0n) is 20.8. The fourth-order valence-electron chi connectivity index (χ4n) is 3.97. The van der Waals surface area contributed by atoms with Gasteiger partial charge in [0.05, 0.1) is 24.4 Å². The van der Waals surface area contributed by atoms with E-state index in [2.05, 4.69) is 15.3 Å². The Labute approximate surface area is 227 Å². The summed E-state index contributed by atoms with van der Waals surface area (Å²) in [5.74, 6) is -2.29. The molecular weight excluding hydrogens is 551 g/mol. The molecule has 2 N–H and O–H groups in total. The van der Waals surface area contributed by atoms with E-state index in [1.165, 1.54) is 37.7 Å². The molecule has 3 heterocycles. The summed E-state index contributed by atoms with van der Waals surface area (Å²) in [6.45, 7) is 0. The maximum Gasteiger partial charge on any atom is 0.431 e. The van der Waals surface area contributed by atoms with Gasteiger partial charge in [0, 0.05) is 36.3 Å². The van der Waals surface area contributed by atoms with Crippen molar-refractivity contribution in [3.05, 3.63) is 106 Å². The predicted octanol–water partition coefficient (Wildman–Crippen LogP) is 6.34. The Bertz CT molecular complexity index is 1840.